The maximum atomic E-state index is 13.7. The van der Waals surface area contributed by atoms with Gasteiger partial charge in [-0.2, -0.15) is 0 Å². The first-order valence-corrected chi connectivity index (χ1v) is 12.9. The average molecular weight is 542 g/mol. The van der Waals surface area contributed by atoms with Crippen LogP contribution < -0.4 is 11.1 Å². The van der Waals surface area contributed by atoms with Crippen LogP contribution in [-0.2, 0) is 20.8 Å². The zero-order valence-electron chi connectivity index (χ0n) is 22.5. The standard InChI is InChI=1S/C30H31N5O5/c1-18(2)13-23(31)30(39)35(29(38)22-10-11-26-25(16-22)33-17-40-26)28(19(3)36)34-27(37)15-20-7-6-8-21(14-20)24-9-4-5-12-32-24/h4-12,14,16-18,23,28H,13,15,31H2,1-3H3,(H,34,37)/t23-,28?/m1/s1. The van der Waals surface area contributed by atoms with Crippen LogP contribution >= 0.6 is 0 Å². The van der Waals surface area contributed by atoms with Gasteiger partial charge >= 0.3 is 0 Å². The minimum absolute atomic E-state index is 0.0548. The van der Waals surface area contributed by atoms with Gasteiger partial charge in [-0.15, -0.1) is 0 Å². The number of hydrogen-bond acceptors (Lipinski definition) is 8. The van der Waals surface area contributed by atoms with E-state index in [0.717, 1.165) is 16.2 Å². The minimum Gasteiger partial charge on any atom is -0.443 e. The van der Waals surface area contributed by atoms with E-state index in [0.29, 0.717) is 16.7 Å². The van der Waals surface area contributed by atoms with E-state index in [1.54, 1.807) is 24.4 Å². The van der Waals surface area contributed by atoms with Gasteiger partial charge in [-0.25, -0.2) is 9.88 Å². The SMILES string of the molecule is CC(=O)C(NC(=O)Cc1cccc(-c2ccccn2)c1)N(C(=O)c1ccc2ocnc2c1)C(=O)[C@H](N)CC(C)C. The summed E-state index contributed by atoms with van der Waals surface area (Å²) in [7, 11) is 0. The lowest BCUT2D eigenvalue weighted by Crippen LogP contribution is -2.60. The molecular formula is C30H31N5O5. The van der Waals surface area contributed by atoms with E-state index in [1.807, 2.05) is 44.2 Å². The first-order valence-electron chi connectivity index (χ1n) is 12.9. The van der Waals surface area contributed by atoms with E-state index in [1.165, 1.54) is 25.5 Å². The lowest BCUT2D eigenvalue weighted by atomic mass is 10.0. The number of oxazole rings is 1. The Morgan fingerprint density at radius 2 is 1.80 bits per heavy atom. The molecule has 206 valence electrons. The summed E-state index contributed by atoms with van der Waals surface area (Å²) in [6.07, 6.45) is 1.55. The molecule has 0 aliphatic rings. The van der Waals surface area contributed by atoms with Crippen LogP contribution in [0, 0.1) is 5.92 Å². The summed E-state index contributed by atoms with van der Waals surface area (Å²) >= 11 is 0. The van der Waals surface area contributed by atoms with Crippen molar-refractivity contribution in [3.63, 3.8) is 0 Å². The van der Waals surface area contributed by atoms with Gasteiger partial charge in [0.05, 0.1) is 18.2 Å². The highest BCUT2D eigenvalue weighted by molar-refractivity contribution is 6.10. The largest absolute Gasteiger partial charge is 0.443 e. The Kier molecular flexibility index (Phi) is 8.80. The van der Waals surface area contributed by atoms with Gasteiger partial charge < -0.3 is 15.5 Å². The molecule has 2 atom stereocenters. The van der Waals surface area contributed by atoms with Crippen molar-refractivity contribution in [3.8, 4) is 11.3 Å². The molecule has 10 nitrogen and oxygen atoms in total. The van der Waals surface area contributed by atoms with E-state index in [9.17, 15) is 19.2 Å². The van der Waals surface area contributed by atoms with Crippen molar-refractivity contribution in [3.05, 3.63) is 84.4 Å². The van der Waals surface area contributed by atoms with Crippen LogP contribution in [0.15, 0.2) is 77.7 Å². The second-order valence-corrected chi connectivity index (χ2v) is 9.96. The summed E-state index contributed by atoms with van der Waals surface area (Å²) in [4.78, 5) is 62.4. The minimum atomic E-state index is -1.56. The zero-order chi connectivity index (χ0) is 28.8. The number of nitrogens with one attached hydrogen (secondary N) is 1. The fourth-order valence-electron chi connectivity index (χ4n) is 4.37. The third kappa shape index (κ3) is 6.65. The van der Waals surface area contributed by atoms with Gasteiger partial charge in [0.1, 0.15) is 5.52 Å². The van der Waals surface area contributed by atoms with Crippen molar-refractivity contribution in [1.82, 2.24) is 20.2 Å². The number of carbonyl (C=O) groups is 4. The molecule has 1 unspecified atom stereocenters. The molecule has 0 fully saturated rings. The number of pyridine rings is 1. The highest BCUT2D eigenvalue weighted by Crippen LogP contribution is 2.20. The number of fused-ring (bicyclic) bond motifs is 1. The summed E-state index contributed by atoms with van der Waals surface area (Å²) in [6.45, 7) is 4.98. The Hall–Kier alpha value is -4.70. The lowest BCUT2D eigenvalue weighted by Gasteiger charge is -2.31. The van der Waals surface area contributed by atoms with Crippen molar-refractivity contribution >= 4 is 34.6 Å². The zero-order valence-corrected chi connectivity index (χ0v) is 22.5. The molecule has 3 amide bonds. The van der Waals surface area contributed by atoms with Crippen molar-refractivity contribution < 1.29 is 23.6 Å². The van der Waals surface area contributed by atoms with Crippen LogP contribution in [0.5, 0.6) is 0 Å². The third-order valence-electron chi connectivity index (χ3n) is 6.27. The normalized spacial score (nSPS) is 12.6. The molecule has 0 saturated heterocycles. The van der Waals surface area contributed by atoms with Gasteiger partial charge in [-0.1, -0.05) is 38.1 Å². The Bertz CT molecular complexity index is 1530. The second kappa shape index (κ2) is 12.4. The maximum absolute atomic E-state index is 13.7. The first kappa shape index (κ1) is 28.3. The molecule has 0 aliphatic carbocycles. The second-order valence-electron chi connectivity index (χ2n) is 9.96. The van der Waals surface area contributed by atoms with E-state index in [4.69, 9.17) is 10.2 Å². The van der Waals surface area contributed by atoms with Crippen molar-refractivity contribution in [1.29, 1.82) is 0 Å². The highest BCUT2D eigenvalue weighted by Gasteiger charge is 2.37. The molecular weight excluding hydrogens is 510 g/mol. The van der Waals surface area contributed by atoms with E-state index in [-0.39, 0.29) is 24.3 Å². The van der Waals surface area contributed by atoms with Crippen LogP contribution in [0.2, 0.25) is 0 Å². The highest BCUT2D eigenvalue weighted by atomic mass is 16.3. The number of benzene rings is 2. The molecule has 3 N–H and O–H groups in total. The number of Topliss-reactive ketones (excluding diaryl/α,β-unsaturated/α-hetero) is 1. The molecule has 0 radical (unpaired) electrons. The number of ketones is 1. The van der Waals surface area contributed by atoms with Crippen LogP contribution in [0.4, 0.5) is 0 Å². The predicted molar refractivity (Wildman–Crippen MR) is 149 cm³/mol. The maximum Gasteiger partial charge on any atom is 0.262 e. The molecule has 0 spiro atoms. The predicted octanol–water partition coefficient (Wildman–Crippen LogP) is 3.51. The van der Waals surface area contributed by atoms with E-state index >= 15 is 0 Å². The number of nitrogens with zero attached hydrogens (tertiary/aromatic N) is 3. The molecule has 4 rings (SSSR count). The first-order chi connectivity index (χ1) is 19.1. The summed E-state index contributed by atoms with van der Waals surface area (Å²) in [5, 5.41) is 2.59. The van der Waals surface area contributed by atoms with Gasteiger partial charge in [0.25, 0.3) is 5.91 Å². The molecule has 0 bridgehead atoms. The monoisotopic (exact) mass is 541 g/mol. The van der Waals surface area contributed by atoms with Crippen LogP contribution in [0.25, 0.3) is 22.4 Å². The fraction of sp³-hybridized carbons (Fsp3) is 0.267. The topological polar surface area (TPSA) is 148 Å². The van der Waals surface area contributed by atoms with Gasteiger partial charge in [0, 0.05) is 17.3 Å². The summed E-state index contributed by atoms with van der Waals surface area (Å²) in [6, 6.07) is 16.2. The third-order valence-corrected chi connectivity index (χ3v) is 6.27. The number of rotatable bonds is 10. The van der Waals surface area contributed by atoms with Crippen LogP contribution in [0.3, 0.4) is 0 Å². The summed E-state index contributed by atoms with van der Waals surface area (Å²) in [5.74, 6) is -2.65. The van der Waals surface area contributed by atoms with Gasteiger partial charge in [-0.3, -0.25) is 24.2 Å². The summed E-state index contributed by atoms with van der Waals surface area (Å²) < 4.78 is 5.24. The number of amides is 3. The Labute approximate surface area is 231 Å². The number of aromatic nitrogens is 2. The molecule has 0 aliphatic heterocycles. The average Bonchev–Trinajstić information content (AvgIpc) is 3.40. The molecule has 4 aromatic rings. The number of hydrogen-bond donors (Lipinski definition) is 2. The molecule has 2 heterocycles. The Balaban J connectivity index is 1.61. The molecule has 0 saturated carbocycles. The van der Waals surface area contributed by atoms with Gasteiger partial charge in [-0.05, 0) is 61.2 Å². The number of imide groups is 1. The van der Waals surface area contributed by atoms with E-state index in [2.05, 4.69) is 15.3 Å². The number of carbonyl (C=O) groups excluding carboxylic acids is 4. The summed E-state index contributed by atoms with van der Waals surface area (Å²) in [5.41, 5.74) is 9.36. The van der Waals surface area contributed by atoms with Crippen LogP contribution in [0.1, 0.15) is 43.1 Å². The lowest BCUT2D eigenvalue weighted by molar-refractivity contribution is -0.140. The molecule has 2 aromatic heterocycles. The molecule has 10 heteroatoms. The Morgan fingerprint density at radius 3 is 2.50 bits per heavy atom. The quantitative estimate of drug-likeness (QED) is 0.290. The van der Waals surface area contributed by atoms with E-state index < -0.39 is 35.7 Å². The van der Waals surface area contributed by atoms with Crippen molar-refractivity contribution in [2.45, 2.75) is 45.8 Å². The molecule has 40 heavy (non-hydrogen) atoms. The smallest absolute Gasteiger partial charge is 0.262 e. The van der Waals surface area contributed by atoms with Gasteiger partial charge in [0.2, 0.25) is 11.8 Å². The molecule has 2 aromatic carbocycles. The van der Waals surface area contributed by atoms with Crippen molar-refractivity contribution in [2.24, 2.45) is 11.7 Å². The van der Waals surface area contributed by atoms with Crippen LogP contribution in [-0.4, -0.2) is 50.6 Å². The Morgan fingerprint density at radius 1 is 1.00 bits per heavy atom. The number of nitrogens with two attached hydrogens (primary N) is 1. The van der Waals surface area contributed by atoms with Crippen molar-refractivity contribution in [2.75, 3.05) is 0 Å². The fourth-order valence-corrected chi connectivity index (χ4v) is 4.37. The van der Waals surface area contributed by atoms with Gasteiger partial charge in [0.15, 0.2) is 23.9 Å².